The van der Waals surface area contributed by atoms with Crippen molar-refractivity contribution in [2.24, 2.45) is 5.73 Å². The first-order valence-corrected chi connectivity index (χ1v) is 12.7. The lowest BCUT2D eigenvalue weighted by Crippen LogP contribution is -2.56. The SMILES string of the molecule is COc1ccc(CN2CCO[C@@](COc3cccc(Cl)c3)(CC(N)=O)C2)cc1CN1CCCCC1. The van der Waals surface area contributed by atoms with Crippen LogP contribution in [-0.2, 0) is 22.6 Å². The highest BCUT2D eigenvalue weighted by Gasteiger charge is 2.39. The molecule has 2 N–H and O–H groups in total. The number of carbonyl (C=O) groups is 1. The number of methoxy groups -OCH3 is 1. The molecular weight excluding hydrogens is 466 g/mol. The van der Waals surface area contributed by atoms with Crippen LogP contribution in [-0.4, -0.2) is 67.8 Å². The van der Waals surface area contributed by atoms with Crippen LogP contribution >= 0.6 is 11.6 Å². The number of nitrogens with zero attached hydrogens (tertiary/aromatic N) is 2. The van der Waals surface area contributed by atoms with Crippen LogP contribution < -0.4 is 15.2 Å². The number of amides is 1. The number of likely N-dealkylation sites (tertiary alicyclic amines) is 1. The van der Waals surface area contributed by atoms with Crippen molar-refractivity contribution >= 4 is 17.5 Å². The Balaban J connectivity index is 1.45. The van der Waals surface area contributed by atoms with Crippen LogP contribution in [0.1, 0.15) is 36.8 Å². The molecule has 1 amide bonds. The highest BCUT2D eigenvalue weighted by Crippen LogP contribution is 2.28. The summed E-state index contributed by atoms with van der Waals surface area (Å²) in [4.78, 5) is 16.7. The molecule has 2 aliphatic heterocycles. The van der Waals surface area contributed by atoms with Crippen molar-refractivity contribution in [3.63, 3.8) is 0 Å². The van der Waals surface area contributed by atoms with Crippen molar-refractivity contribution in [3.8, 4) is 11.5 Å². The lowest BCUT2D eigenvalue weighted by atomic mass is 9.97. The number of nitrogens with two attached hydrogens (primary N) is 1. The third-order valence-electron chi connectivity index (χ3n) is 6.72. The van der Waals surface area contributed by atoms with Gasteiger partial charge >= 0.3 is 0 Å². The van der Waals surface area contributed by atoms with Crippen LogP contribution in [0.4, 0.5) is 0 Å². The summed E-state index contributed by atoms with van der Waals surface area (Å²) in [5.41, 5.74) is 7.22. The van der Waals surface area contributed by atoms with Crippen LogP contribution in [0, 0.1) is 0 Å². The largest absolute Gasteiger partial charge is 0.496 e. The van der Waals surface area contributed by atoms with Crippen molar-refractivity contribution in [1.29, 1.82) is 0 Å². The van der Waals surface area contributed by atoms with E-state index in [1.165, 1.54) is 30.4 Å². The number of hydrogen-bond donors (Lipinski definition) is 1. The number of morpholine rings is 1. The topological polar surface area (TPSA) is 77.3 Å². The summed E-state index contributed by atoms with van der Waals surface area (Å²) in [5.74, 6) is 1.16. The zero-order valence-electron chi connectivity index (χ0n) is 20.5. The summed E-state index contributed by atoms with van der Waals surface area (Å²) in [6.07, 6.45) is 3.93. The molecule has 2 aromatic carbocycles. The van der Waals surface area contributed by atoms with E-state index < -0.39 is 11.5 Å². The Labute approximate surface area is 213 Å². The van der Waals surface area contributed by atoms with E-state index in [1.807, 2.05) is 12.1 Å². The van der Waals surface area contributed by atoms with Gasteiger partial charge in [-0.3, -0.25) is 14.6 Å². The molecule has 2 aliphatic rings. The Morgan fingerprint density at radius 1 is 1.09 bits per heavy atom. The fraction of sp³-hybridized carbons (Fsp3) is 0.519. The van der Waals surface area contributed by atoms with E-state index in [2.05, 4.69) is 28.0 Å². The van der Waals surface area contributed by atoms with Gasteiger partial charge in [-0.05, 0) is 61.8 Å². The van der Waals surface area contributed by atoms with Gasteiger partial charge in [0.25, 0.3) is 0 Å². The summed E-state index contributed by atoms with van der Waals surface area (Å²) in [7, 11) is 1.73. The molecule has 2 aromatic rings. The van der Waals surface area contributed by atoms with Gasteiger partial charge in [0.05, 0.1) is 20.1 Å². The molecule has 7 nitrogen and oxygen atoms in total. The van der Waals surface area contributed by atoms with Crippen molar-refractivity contribution in [1.82, 2.24) is 9.80 Å². The normalized spacial score (nSPS) is 21.5. The fourth-order valence-corrected chi connectivity index (χ4v) is 5.24. The quantitative estimate of drug-likeness (QED) is 0.532. The average Bonchev–Trinajstić information content (AvgIpc) is 2.84. The molecular formula is C27H36ClN3O4. The molecule has 35 heavy (non-hydrogen) atoms. The van der Waals surface area contributed by atoms with Gasteiger partial charge in [0.15, 0.2) is 0 Å². The highest BCUT2D eigenvalue weighted by molar-refractivity contribution is 6.30. The molecule has 0 radical (unpaired) electrons. The van der Waals surface area contributed by atoms with Crippen molar-refractivity contribution in [2.45, 2.75) is 44.4 Å². The third-order valence-corrected chi connectivity index (χ3v) is 6.95. The highest BCUT2D eigenvalue weighted by atomic mass is 35.5. The van der Waals surface area contributed by atoms with Gasteiger partial charge in [-0.1, -0.05) is 30.2 Å². The fourth-order valence-electron chi connectivity index (χ4n) is 5.06. The number of piperidine rings is 1. The predicted molar refractivity (Wildman–Crippen MR) is 137 cm³/mol. The summed E-state index contributed by atoms with van der Waals surface area (Å²) in [6.45, 7) is 5.96. The van der Waals surface area contributed by atoms with Crippen molar-refractivity contribution < 1.29 is 19.0 Å². The molecule has 0 bridgehead atoms. The molecule has 2 fully saturated rings. The van der Waals surface area contributed by atoms with Crippen molar-refractivity contribution in [2.75, 3.05) is 46.5 Å². The van der Waals surface area contributed by atoms with Gasteiger partial charge < -0.3 is 19.9 Å². The first kappa shape index (κ1) is 25.8. The Morgan fingerprint density at radius 2 is 1.91 bits per heavy atom. The number of ether oxygens (including phenoxy) is 3. The van der Waals surface area contributed by atoms with Crippen molar-refractivity contribution in [3.05, 3.63) is 58.6 Å². The van der Waals surface area contributed by atoms with Gasteiger partial charge in [0.1, 0.15) is 23.7 Å². The summed E-state index contributed by atoms with van der Waals surface area (Å²) >= 11 is 6.09. The lowest BCUT2D eigenvalue weighted by molar-refractivity contribution is -0.148. The number of carbonyl (C=O) groups excluding carboxylic acids is 1. The van der Waals surface area contributed by atoms with E-state index in [1.54, 1.807) is 19.2 Å². The molecule has 8 heteroatoms. The smallest absolute Gasteiger partial charge is 0.220 e. The zero-order chi connectivity index (χ0) is 24.7. The molecule has 0 spiro atoms. The maximum absolute atomic E-state index is 11.9. The van der Waals surface area contributed by atoms with Gasteiger partial charge in [0, 0.05) is 36.8 Å². The minimum atomic E-state index is -0.810. The molecule has 2 heterocycles. The second-order valence-electron chi connectivity index (χ2n) is 9.61. The van der Waals surface area contributed by atoms with E-state index in [-0.39, 0.29) is 13.0 Å². The number of hydrogen-bond acceptors (Lipinski definition) is 6. The first-order chi connectivity index (χ1) is 16.9. The van der Waals surface area contributed by atoms with E-state index in [0.717, 1.165) is 38.5 Å². The minimum absolute atomic E-state index is 0.0902. The molecule has 0 saturated carbocycles. The lowest BCUT2D eigenvalue weighted by Gasteiger charge is -2.42. The van der Waals surface area contributed by atoms with Crippen LogP contribution in [0.2, 0.25) is 5.02 Å². The maximum atomic E-state index is 11.9. The average molecular weight is 502 g/mol. The Hall–Kier alpha value is -2.32. The predicted octanol–water partition coefficient (Wildman–Crippen LogP) is 3.86. The Morgan fingerprint density at radius 3 is 2.66 bits per heavy atom. The molecule has 2 saturated heterocycles. The van der Waals surface area contributed by atoms with Gasteiger partial charge in [-0.2, -0.15) is 0 Å². The van der Waals surface area contributed by atoms with Crippen LogP contribution in [0.15, 0.2) is 42.5 Å². The maximum Gasteiger partial charge on any atom is 0.220 e. The van der Waals surface area contributed by atoms with Gasteiger partial charge in [-0.25, -0.2) is 0 Å². The van der Waals surface area contributed by atoms with Crippen LogP contribution in [0.3, 0.4) is 0 Å². The molecule has 4 rings (SSSR count). The molecule has 1 atom stereocenters. The van der Waals surface area contributed by atoms with Crippen LogP contribution in [0.25, 0.3) is 0 Å². The second kappa shape index (κ2) is 12.1. The first-order valence-electron chi connectivity index (χ1n) is 12.4. The Kier molecular flexibility index (Phi) is 8.89. The third kappa shape index (κ3) is 7.34. The minimum Gasteiger partial charge on any atom is -0.496 e. The van der Waals surface area contributed by atoms with E-state index in [4.69, 9.17) is 31.5 Å². The summed E-state index contributed by atoms with van der Waals surface area (Å²) in [6, 6.07) is 13.6. The van der Waals surface area contributed by atoms with Crippen LogP contribution in [0.5, 0.6) is 11.5 Å². The van der Waals surface area contributed by atoms with Gasteiger partial charge in [0.2, 0.25) is 5.91 Å². The molecule has 190 valence electrons. The standard InChI is InChI=1S/C27H36ClN3O4/c1-33-25-9-8-21(14-22(25)18-30-10-3-2-4-11-30)17-31-12-13-35-27(19-31,16-26(29)32)20-34-24-7-5-6-23(28)15-24/h5-9,14-15H,2-4,10-13,16-20H2,1H3,(H2,29,32)/t27-/m0/s1. The molecule has 0 unspecified atom stereocenters. The summed E-state index contributed by atoms with van der Waals surface area (Å²) < 4.78 is 17.8. The van der Waals surface area contributed by atoms with E-state index >= 15 is 0 Å². The number of primary amides is 1. The van der Waals surface area contributed by atoms with E-state index in [0.29, 0.717) is 23.9 Å². The molecule has 0 aliphatic carbocycles. The monoisotopic (exact) mass is 501 g/mol. The van der Waals surface area contributed by atoms with E-state index in [9.17, 15) is 4.79 Å². The number of halogens is 1. The number of benzene rings is 2. The Bertz CT molecular complexity index is 998. The summed E-state index contributed by atoms with van der Waals surface area (Å²) in [5, 5.41) is 0.595. The molecule has 0 aromatic heterocycles. The number of rotatable bonds is 10. The zero-order valence-corrected chi connectivity index (χ0v) is 21.3. The second-order valence-corrected chi connectivity index (χ2v) is 10.1. The van der Waals surface area contributed by atoms with Gasteiger partial charge in [-0.15, -0.1) is 0 Å².